The molecule has 0 amide bonds. The van der Waals surface area contributed by atoms with Crippen LogP contribution in [-0.2, 0) is 6.54 Å². The van der Waals surface area contributed by atoms with Gasteiger partial charge in [-0.15, -0.1) is 0 Å². The number of rotatable bonds is 2. The molecule has 2 heterocycles. The second-order valence-electron chi connectivity index (χ2n) is 4.64. The Morgan fingerprint density at radius 1 is 1.47 bits per heavy atom. The Bertz CT molecular complexity index is 450. The second kappa shape index (κ2) is 5.54. The first-order valence-electron chi connectivity index (χ1n) is 6.08. The number of piperidine rings is 1. The minimum atomic E-state index is -4.17. The zero-order valence-electron chi connectivity index (χ0n) is 10.3. The number of halogens is 4. The van der Waals surface area contributed by atoms with Crippen molar-refractivity contribution >= 4 is 17.4 Å². The van der Waals surface area contributed by atoms with Crippen LogP contribution in [0.5, 0.6) is 0 Å². The van der Waals surface area contributed by atoms with Gasteiger partial charge >= 0.3 is 6.18 Å². The van der Waals surface area contributed by atoms with Crippen molar-refractivity contribution in [2.75, 3.05) is 18.0 Å². The van der Waals surface area contributed by atoms with E-state index in [9.17, 15) is 13.2 Å². The number of aromatic nitrogens is 1. The third-order valence-electron chi connectivity index (χ3n) is 3.35. The van der Waals surface area contributed by atoms with Crippen molar-refractivity contribution in [1.29, 1.82) is 0 Å². The van der Waals surface area contributed by atoms with E-state index in [2.05, 4.69) is 4.98 Å². The summed E-state index contributed by atoms with van der Waals surface area (Å²) >= 11 is 6.14. The fraction of sp³-hybridized carbons (Fsp3) is 0.583. The molecule has 1 saturated heterocycles. The predicted molar refractivity (Wildman–Crippen MR) is 68.1 cm³/mol. The van der Waals surface area contributed by atoms with Gasteiger partial charge in [-0.2, -0.15) is 13.2 Å². The van der Waals surface area contributed by atoms with Crippen LogP contribution in [0.25, 0.3) is 0 Å². The Kier molecular flexibility index (Phi) is 4.20. The lowest BCUT2D eigenvalue weighted by atomic mass is 9.97. The number of hydrogen-bond acceptors (Lipinski definition) is 3. The van der Waals surface area contributed by atoms with Gasteiger partial charge < -0.3 is 10.6 Å². The maximum Gasteiger partial charge on any atom is 0.393 e. The van der Waals surface area contributed by atoms with Crippen LogP contribution < -0.4 is 10.6 Å². The molecule has 0 spiro atoms. The van der Waals surface area contributed by atoms with Gasteiger partial charge in [-0.1, -0.05) is 11.6 Å². The smallest absolute Gasteiger partial charge is 0.355 e. The normalized spacial score (nSPS) is 20.7. The van der Waals surface area contributed by atoms with E-state index in [-0.39, 0.29) is 19.5 Å². The Hall–Kier alpha value is -1.01. The molecule has 7 heteroatoms. The van der Waals surface area contributed by atoms with Crippen molar-refractivity contribution in [2.24, 2.45) is 11.7 Å². The molecule has 1 aromatic rings. The molecule has 1 aromatic heterocycles. The van der Waals surface area contributed by atoms with Crippen LogP contribution in [0, 0.1) is 5.92 Å². The first-order chi connectivity index (χ1) is 8.93. The molecule has 0 aliphatic carbocycles. The summed E-state index contributed by atoms with van der Waals surface area (Å²) in [4.78, 5) is 5.70. The van der Waals surface area contributed by atoms with Gasteiger partial charge in [0.2, 0.25) is 0 Å². The average molecular weight is 294 g/mol. The van der Waals surface area contributed by atoms with Crippen LogP contribution in [0.15, 0.2) is 12.3 Å². The summed E-state index contributed by atoms with van der Waals surface area (Å²) in [6.45, 7) is 0.683. The van der Waals surface area contributed by atoms with E-state index >= 15 is 0 Å². The lowest BCUT2D eigenvalue weighted by Gasteiger charge is -2.35. The van der Waals surface area contributed by atoms with E-state index in [0.29, 0.717) is 29.4 Å². The van der Waals surface area contributed by atoms with Crippen molar-refractivity contribution in [3.05, 3.63) is 22.8 Å². The van der Waals surface area contributed by atoms with Crippen LogP contribution in [0.3, 0.4) is 0 Å². The molecule has 106 valence electrons. The van der Waals surface area contributed by atoms with Gasteiger partial charge in [0.05, 0.1) is 10.9 Å². The van der Waals surface area contributed by atoms with Crippen molar-refractivity contribution in [1.82, 2.24) is 4.98 Å². The quantitative estimate of drug-likeness (QED) is 0.911. The van der Waals surface area contributed by atoms with Crippen LogP contribution in [0.2, 0.25) is 5.02 Å². The SMILES string of the molecule is NCc1ccnc(N2CCCC(C(F)(F)F)C2)c1Cl. The fourth-order valence-electron chi connectivity index (χ4n) is 2.29. The summed E-state index contributed by atoms with van der Waals surface area (Å²) in [5.41, 5.74) is 6.23. The second-order valence-corrected chi connectivity index (χ2v) is 5.02. The monoisotopic (exact) mass is 293 g/mol. The molecule has 1 aliphatic heterocycles. The highest BCUT2D eigenvalue weighted by Crippen LogP contribution is 2.36. The summed E-state index contributed by atoms with van der Waals surface area (Å²) in [7, 11) is 0. The largest absolute Gasteiger partial charge is 0.393 e. The summed E-state index contributed by atoms with van der Waals surface area (Å²) < 4.78 is 38.3. The minimum Gasteiger partial charge on any atom is -0.355 e. The molecule has 1 unspecified atom stereocenters. The molecule has 2 rings (SSSR count). The van der Waals surface area contributed by atoms with Crippen molar-refractivity contribution in [3.8, 4) is 0 Å². The van der Waals surface area contributed by atoms with Gasteiger partial charge in [0.1, 0.15) is 5.82 Å². The molecule has 3 nitrogen and oxygen atoms in total. The summed E-state index contributed by atoms with van der Waals surface area (Å²) in [5, 5.41) is 0.354. The lowest BCUT2D eigenvalue weighted by Crippen LogP contribution is -2.42. The van der Waals surface area contributed by atoms with Crippen LogP contribution >= 0.6 is 11.6 Å². The first kappa shape index (κ1) is 14.4. The number of nitrogens with zero attached hydrogens (tertiary/aromatic N) is 2. The van der Waals surface area contributed by atoms with Crippen LogP contribution in [0.1, 0.15) is 18.4 Å². The van der Waals surface area contributed by atoms with Crippen molar-refractivity contribution in [3.63, 3.8) is 0 Å². The van der Waals surface area contributed by atoms with Gasteiger partial charge in [0, 0.05) is 25.8 Å². The Balaban J connectivity index is 2.22. The molecule has 1 fully saturated rings. The Morgan fingerprint density at radius 2 is 2.21 bits per heavy atom. The minimum absolute atomic E-state index is 0.0930. The first-order valence-corrected chi connectivity index (χ1v) is 6.46. The summed E-state index contributed by atoms with van der Waals surface area (Å²) in [6, 6.07) is 1.68. The van der Waals surface area contributed by atoms with Crippen LogP contribution in [0.4, 0.5) is 19.0 Å². The highest BCUT2D eigenvalue weighted by atomic mass is 35.5. The zero-order chi connectivity index (χ0) is 14.0. The Morgan fingerprint density at radius 3 is 2.84 bits per heavy atom. The third-order valence-corrected chi connectivity index (χ3v) is 3.77. The van der Waals surface area contributed by atoms with E-state index in [1.54, 1.807) is 11.0 Å². The van der Waals surface area contributed by atoms with Crippen LogP contribution in [-0.4, -0.2) is 24.2 Å². The maximum absolute atomic E-state index is 12.8. The molecule has 0 radical (unpaired) electrons. The predicted octanol–water partition coefficient (Wildman–Crippen LogP) is 2.97. The highest BCUT2D eigenvalue weighted by molar-refractivity contribution is 6.33. The maximum atomic E-state index is 12.8. The van der Waals surface area contributed by atoms with E-state index < -0.39 is 12.1 Å². The van der Waals surface area contributed by atoms with E-state index in [1.807, 2.05) is 0 Å². The topological polar surface area (TPSA) is 42.1 Å². The molecular weight excluding hydrogens is 279 g/mol. The van der Waals surface area contributed by atoms with E-state index in [1.165, 1.54) is 6.20 Å². The van der Waals surface area contributed by atoms with Gasteiger partial charge in [-0.25, -0.2) is 4.98 Å². The lowest BCUT2D eigenvalue weighted by molar-refractivity contribution is -0.176. The van der Waals surface area contributed by atoms with Crippen molar-refractivity contribution < 1.29 is 13.2 Å². The average Bonchev–Trinajstić information content (AvgIpc) is 2.38. The molecular formula is C12H15ClF3N3. The molecule has 2 N–H and O–H groups in total. The summed E-state index contributed by atoms with van der Waals surface area (Å²) in [5.74, 6) is -0.917. The number of alkyl halides is 3. The number of pyridine rings is 1. The van der Waals surface area contributed by atoms with Gasteiger partial charge in [0.15, 0.2) is 0 Å². The zero-order valence-corrected chi connectivity index (χ0v) is 11.0. The van der Waals surface area contributed by atoms with E-state index in [4.69, 9.17) is 17.3 Å². The van der Waals surface area contributed by atoms with Gasteiger partial charge in [-0.05, 0) is 24.5 Å². The van der Waals surface area contributed by atoms with Crippen molar-refractivity contribution in [2.45, 2.75) is 25.6 Å². The molecule has 19 heavy (non-hydrogen) atoms. The van der Waals surface area contributed by atoms with Gasteiger partial charge in [0.25, 0.3) is 0 Å². The van der Waals surface area contributed by atoms with E-state index in [0.717, 1.165) is 0 Å². The molecule has 1 aliphatic rings. The molecule has 0 saturated carbocycles. The number of anilines is 1. The molecule has 0 aromatic carbocycles. The standard InChI is InChI=1S/C12H15ClF3N3/c13-10-8(6-17)3-4-18-11(10)19-5-1-2-9(7-19)12(14,15)16/h3-4,9H,1-2,5-7,17H2. The fourth-order valence-corrected chi connectivity index (χ4v) is 2.59. The Labute approximate surface area is 114 Å². The molecule has 1 atom stereocenters. The number of hydrogen-bond donors (Lipinski definition) is 1. The van der Waals surface area contributed by atoms with Gasteiger partial charge in [-0.3, -0.25) is 0 Å². The highest BCUT2D eigenvalue weighted by Gasteiger charge is 2.42. The molecule has 0 bridgehead atoms. The number of nitrogens with two attached hydrogens (primary N) is 1. The summed E-state index contributed by atoms with van der Waals surface area (Å²) in [6.07, 6.45) is -2.00. The third kappa shape index (κ3) is 3.12.